The molecule has 4 rings (SSSR count). The molecule has 1 aliphatic rings. The van der Waals surface area contributed by atoms with E-state index in [9.17, 15) is 4.39 Å². The molecule has 3 aromatic rings. The Kier molecular flexibility index (Phi) is 7.90. The molecule has 1 unspecified atom stereocenters. The highest BCUT2D eigenvalue weighted by Gasteiger charge is 2.22. The highest BCUT2D eigenvalue weighted by Crippen LogP contribution is 2.35. The first kappa shape index (κ1) is 24.9. The van der Waals surface area contributed by atoms with Crippen molar-refractivity contribution < 1.29 is 13.5 Å². The molecule has 0 saturated carbocycles. The Hall–Kier alpha value is -2.73. The molecule has 1 aromatic heterocycles. The molecule has 0 aliphatic carbocycles. The van der Waals surface area contributed by atoms with Crippen molar-refractivity contribution in [3.05, 3.63) is 58.8 Å². The fraction of sp³-hybridized carbons (Fsp3) is 0.444. The average Bonchev–Trinajstić information content (AvgIpc) is 3.20. The SMILES string of the molecule is C/C(=N\C1CCCCO1)c1cc2c(cc(C(C)C)n2-c2ccc(F)c(C)c2)c(F)c1N.CC. The van der Waals surface area contributed by atoms with Crippen molar-refractivity contribution >= 4 is 22.3 Å². The molecule has 2 heterocycles. The number of hydrogen-bond acceptors (Lipinski definition) is 3. The van der Waals surface area contributed by atoms with Gasteiger partial charge in [0, 0.05) is 34.6 Å². The molecule has 0 bridgehead atoms. The van der Waals surface area contributed by atoms with Crippen LogP contribution in [0.1, 0.15) is 76.6 Å². The fourth-order valence-corrected chi connectivity index (χ4v) is 4.23. The lowest BCUT2D eigenvalue weighted by Gasteiger charge is -2.20. The maximum Gasteiger partial charge on any atom is 0.156 e. The Morgan fingerprint density at radius 1 is 1.15 bits per heavy atom. The van der Waals surface area contributed by atoms with Crippen molar-refractivity contribution in [1.82, 2.24) is 4.57 Å². The van der Waals surface area contributed by atoms with E-state index >= 15 is 4.39 Å². The molecule has 2 N–H and O–H groups in total. The number of aryl methyl sites for hydroxylation is 1. The van der Waals surface area contributed by atoms with Gasteiger partial charge in [-0.05, 0) is 74.9 Å². The molecule has 1 atom stereocenters. The van der Waals surface area contributed by atoms with Crippen molar-refractivity contribution in [2.75, 3.05) is 12.3 Å². The van der Waals surface area contributed by atoms with Gasteiger partial charge in [0.2, 0.25) is 0 Å². The Labute approximate surface area is 195 Å². The number of nitrogen functional groups attached to an aromatic ring is 1. The predicted molar refractivity (Wildman–Crippen MR) is 134 cm³/mol. The van der Waals surface area contributed by atoms with Gasteiger partial charge < -0.3 is 15.0 Å². The van der Waals surface area contributed by atoms with Crippen molar-refractivity contribution in [2.45, 2.75) is 73.0 Å². The first-order valence-corrected chi connectivity index (χ1v) is 11.8. The Morgan fingerprint density at radius 2 is 1.88 bits per heavy atom. The zero-order chi connectivity index (χ0) is 24.3. The summed E-state index contributed by atoms with van der Waals surface area (Å²) < 4.78 is 37.0. The monoisotopic (exact) mass is 455 g/mol. The van der Waals surface area contributed by atoms with Gasteiger partial charge in [-0.3, -0.25) is 4.99 Å². The molecule has 4 nitrogen and oxygen atoms in total. The predicted octanol–water partition coefficient (Wildman–Crippen LogP) is 7.28. The van der Waals surface area contributed by atoms with Crippen LogP contribution in [0.25, 0.3) is 16.6 Å². The topological polar surface area (TPSA) is 52.5 Å². The summed E-state index contributed by atoms with van der Waals surface area (Å²) in [5.41, 5.74) is 10.5. The second kappa shape index (κ2) is 10.5. The molecule has 1 aliphatic heterocycles. The van der Waals surface area contributed by atoms with Crippen LogP contribution in [0.15, 0.2) is 35.3 Å². The molecule has 178 valence electrons. The highest BCUT2D eigenvalue weighted by atomic mass is 19.1. The van der Waals surface area contributed by atoms with Gasteiger partial charge in [0.1, 0.15) is 12.0 Å². The number of fused-ring (bicyclic) bond motifs is 1. The van der Waals surface area contributed by atoms with Crippen LogP contribution in [0.3, 0.4) is 0 Å². The Morgan fingerprint density at radius 3 is 2.48 bits per heavy atom. The van der Waals surface area contributed by atoms with Gasteiger partial charge in [-0.25, -0.2) is 8.78 Å². The van der Waals surface area contributed by atoms with Gasteiger partial charge in [0.15, 0.2) is 5.82 Å². The van der Waals surface area contributed by atoms with Crippen LogP contribution in [0.5, 0.6) is 0 Å². The van der Waals surface area contributed by atoms with Gasteiger partial charge >= 0.3 is 0 Å². The summed E-state index contributed by atoms with van der Waals surface area (Å²) in [4.78, 5) is 4.67. The molecule has 0 amide bonds. The van der Waals surface area contributed by atoms with E-state index in [0.717, 1.165) is 30.6 Å². The lowest BCUT2D eigenvalue weighted by atomic mass is 10.0. The first-order chi connectivity index (χ1) is 15.8. The highest BCUT2D eigenvalue weighted by molar-refractivity contribution is 6.07. The third-order valence-electron chi connectivity index (χ3n) is 5.99. The molecule has 1 saturated heterocycles. The molecule has 33 heavy (non-hydrogen) atoms. The molecular weight excluding hydrogens is 420 g/mol. The summed E-state index contributed by atoms with van der Waals surface area (Å²) in [6.45, 7) is 12.4. The quantitative estimate of drug-likeness (QED) is 0.332. The average molecular weight is 456 g/mol. The van der Waals surface area contributed by atoms with E-state index in [1.54, 1.807) is 19.1 Å². The first-order valence-electron chi connectivity index (χ1n) is 11.8. The third-order valence-corrected chi connectivity index (χ3v) is 5.99. The number of ether oxygens (including phenoxy) is 1. The van der Waals surface area contributed by atoms with E-state index in [4.69, 9.17) is 10.5 Å². The van der Waals surface area contributed by atoms with E-state index in [-0.39, 0.29) is 23.7 Å². The van der Waals surface area contributed by atoms with Crippen LogP contribution < -0.4 is 5.73 Å². The van der Waals surface area contributed by atoms with Crippen molar-refractivity contribution in [3.8, 4) is 5.69 Å². The normalized spacial score (nSPS) is 16.8. The lowest BCUT2D eigenvalue weighted by Crippen LogP contribution is -2.18. The molecule has 0 radical (unpaired) electrons. The number of nitrogens with zero attached hydrogens (tertiary/aromatic N) is 2. The second-order valence-electron chi connectivity index (χ2n) is 8.61. The number of aromatic nitrogens is 1. The number of hydrogen-bond donors (Lipinski definition) is 1. The molecule has 2 aromatic carbocycles. The van der Waals surface area contributed by atoms with Gasteiger partial charge in [-0.2, -0.15) is 0 Å². The standard InChI is InChI=1S/C25H29F2N3O.C2H6/c1-14(2)21-13-19-22(30(21)17-8-9-20(26)15(3)11-17)12-18(25(28)24(19)27)16(4)29-23-7-5-6-10-31-23;1-2/h8-9,11-14,23H,5-7,10,28H2,1-4H3;1-2H3/b29-16+;. The number of rotatable bonds is 4. The van der Waals surface area contributed by atoms with Gasteiger partial charge in [0.05, 0.1) is 11.2 Å². The van der Waals surface area contributed by atoms with Crippen molar-refractivity contribution in [1.29, 1.82) is 0 Å². The zero-order valence-corrected chi connectivity index (χ0v) is 20.5. The summed E-state index contributed by atoms with van der Waals surface area (Å²) in [5.74, 6) is -0.587. The van der Waals surface area contributed by atoms with Crippen molar-refractivity contribution in [3.63, 3.8) is 0 Å². The zero-order valence-electron chi connectivity index (χ0n) is 20.5. The Bertz CT molecular complexity index is 1160. The minimum atomic E-state index is -0.453. The van der Waals surface area contributed by atoms with Crippen LogP contribution in [0, 0.1) is 18.6 Å². The molecule has 6 heteroatoms. The van der Waals surface area contributed by atoms with Gasteiger partial charge in [-0.1, -0.05) is 27.7 Å². The largest absolute Gasteiger partial charge is 0.396 e. The van der Waals surface area contributed by atoms with Crippen LogP contribution >= 0.6 is 0 Å². The third kappa shape index (κ3) is 4.96. The van der Waals surface area contributed by atoms with E-state index in [0.29, 0.717) is 34.3 Å². The number of halogens is 2. The summed E-state index contributed by atoms with van der Waals surface area (Å²) in [7, 11) is 0. The summed E-state index contributed by atoms with van der Waals surface area (Å²) >= 11 is 0. The van der Waals surface area contributed by atoms with Gasteiger partial charge in [0.25, 0.3) is 0 Å². The molecular formula is C27H35F2N3O. The van der Waals surface area contributed by atoms with Gasteiger partial charge in [-0.15, -0.1) is 0 Å². The summed E-state index contributed by atoms with van der Waals surface area (Å²) in [6, 6.07) is 8.68. The van der Waals surface area contributed by atoms with Crippen LogP contribution in [-0.2, 0) is 4.74 Å². The number of benzene rings is 2. The summed E-state index contributed by atoms with van der Waals surface area (Å²) in [5, 5.41) is 0.452. The molecule has 1 fully saturated rings. The number of nitrogens with two attached hydrogens (primary N) is 1. The van der Waals surface area contributed by atoms with Crippen LogP contribution in [0.2, 0.25) is 0 Å². The molecule has 0 spiro atoms. The van der Waals surface area contributed by atoms with Crippen LogP contribution in [-0.4, -0.2) is 23.1 Å². The minimum Gasteiger partial charge on any atom is -0.396 e. The Balaban J connectivity index is 0.00000149. The van der Waals surface area contributed by atoms with Crippen LogP contribution in [0.4, 0.5) is 14.5 Å². The van der Waals surface area contributed by atoms with E-state index in [2.05, 4.69) is 18.8 Å². The van der Waals surface area contributed by atoms with E-state index < -0.39 is 5.82 Å². The number of anilines is 1. The van der Waals surface area contributed by atoms with Crippen molar-refractivity contribution in [2.24, 2.45) is 4.99 Å². The smallest absolute Gasteiger partial charge is 0.156 e. The summed E-state index contributed by atoms with van der Waals surface area (Å²) in [6.07, 6.45) is 2.74. The van der Waals surface area contributed by atoms with E-state index in [1.807, 2.05) is 37.5 Å². The van der Waals surface area contributed by atoms with E-state index in [1.165, 1.54) is 6.07 Å². The maximum absolute atomic E-state index is 15.4. The fourth-order valence-electron chi connectivity index (χ4n) is 4.23. The maximum atomic E-state index is 15.4. The lowest BCUT2D eigenvalue weighted by molar-refractivity contribution is 0.0224. The number of aliphatic imine (C=N–C) groups is 1. The second-order valence-corrected chi connectivity index (χ2v) is 8.61. The minimum absolute atomic E-state index is 0.0901.